The van der Waals surface area contributed by atoms with Gasteiger partial charge in [-0.25, -0.2) is 0 Å². The molecule has 0 saturated carbocycles. The summed E-state index contributed by atoms with van der Waals surface area (Å²) in [7, 11) is 4.81. The number of allylic oxidation sites excluding steroid dienone is 1. The molecular weight excluding hydrogens is 408 g/mol. The Morgan fingerprint density at radius 3 is 2.41 bits per heavy atom. The third-order valence-electron chi connectivity index (χ3n) is 5.56. The lowest BCUT2D eigenvalue weighted by molar-refractivity contribution is 0.0162. The molecule has 1 aliphatic heterocycles. The number of morpholine rings is 1. The van der Waals surface area contributed by atoms with Gasteiger partial charge in [-0.3, -0.25) is 9.69 Å². The molecule has 0 aliphatic carbocycles. The number of nitrogens with zero attached hydrogens (tertiary/aromatic N) is 1. The highest BCUT2D eigenvalue weighted by atomic mass is 16.5. The molecule has 1 N–H and O–H groups in total. The van der Waals surface area contributed by atoms with Crippen molar-refractivity contribution >= 4 is 12.0 Å². The molecule has 7 nitrogen and oxygen atoms in total. The molecule has 2 aromatic carbocycles. The highest BCUT2D eigenvalue weighted by molar-refractivity contribution is 5.96. The smallest absolute Gasteiger partial charge is 0.251 e. The molecule has 1 aliphatic rings. The molecule has 2 aromatic rings. The minimum Gasteiger partial charge on any atom is -0.497 e. The molecule has 1 unspecified atom stereocenters. The van der Waals surface area contributed by atoms with Crippen LogP contribution in [0.25, 0.3) is 6.08 Å². The molecule has 32 heavy (non-hydrogen) atoms. The Morgan fingerprint density at radius 2 is 1.81 bits per heavy atom. The average Bonchev–Trinajstić information content (AvgIpc) is 2.84. The number of hydrogen-bond acceptors (Lipinski definition) is 6. The first-order valence-corrected chi connectivity index (χ1v) is 10.7. The fraction of sp³-hybridized carbons (Fsp3) is 0.400. The van der Waals surface area contributed by atoms with Crippen LogP contribution in [0.2, 0.25) is 0 Å². The van der Waals surface area contributed by atoms with Crippen molar-refractivity contribution in [3.63, 3.8) is 0 Å². The Labute approximate surface area is 189 Å². The summed E-state index contributed by atoms with van der Waals surface area (Å²) in [6.07, 6.45) is 3.79. The van der Waals surface area contributed by atoms with E-state index in [1.807, 2.05) is 49.4 Å². The van der Waals surface area contributed by atoms with Crippen LogP contribution in [0, 0.1) is 0 Å². The second kappa shape index (κ2) is 11.5. The molecule has 0 radical (unpaired) electrons. The predicted octanol–water partition coefficient (Wildman–Crippen LogP) is 3.55. The van der Waals surface area contributed by atoms with Crippen LogP contribution in [0.15, 0.2) is 42.5 Å². The van der Waals surface area contributed by atoms with E-state index in [9.17, 15) is 4.79 Å². The van der Waals surface area contributed by atoms with Gasteiger partial charge in [-0.05, 0) is 36.8 Å². The Kier molecular flexibility index (Phi) is 8.53. The quantitative estimate of drug-likeness (QED) is 0.643. The zero-order valence-electron chi connectivity index (χ0n) is 19.2. The second-order valence-electron chi connectivity index (χ2n) is 7.45. The molecule has 1 saturated heterocycles. The highest BCUT2D eigenvalue weighted by Gasteiger charge is 2.24. The topological polar surface area (TPSA) is 69.3 Å². The van der Waals surface area contributed by atoms with Gasteiger partial charge in [0.2, 0.25) is 0 Å². The molecule has 1 amide bonds. The van der Waals surface area contributed by atoms with Gasteiger partial charge < -0.3 is 24.3 Å². The fourth-order valence-electron chi connectivity index (χ4n) is 3.89. The molecule has 1 atom stereocenters. The zero-order chi connectivity index (χ0) is 22.9. The maximum Gasteiger partial charge on any atom is 0.251 e. The maximum atomic E-state index is 13.1. The average molecular weight is 441 g/mol. The highest BCUT2D eigenvalue weighted by Crippen LogP contribution is 2.33. The van der Waals surface area contributed by atoms with Gasteiger partial charge >= 0.3 is 0 Å². The monoisotopic (exact) mass is 440 g/mol. The molecular formula is C25H32N2O5. The molecule has 1 heterocycles. The Balaban J connectivity index is 1.82. The van der Waals surface area contributed by atoms with E-state index in [2.05, 4.69) is 10.2 Å². The van der Waals surface area contributed by atoms with Gasteiger partial charge in [0.15, 0.2) is 11.5 Å². The van der Waals surface area contributed by atoms with E-state index in [4.69, 9.17) is 18.9 Å². The van der Waals surface area contributed by atoms with Gasteiger partial charge in [0, 0.05) is 30.8 Å². The van der Waals surface area contributed by atoms with Crippen LogP contribution in [0.4, 0.5) is 0 Å². The van der Waals surface area contributed by atoms with E-state index < -0.39 is 0 Å². The van der Waals surface area contributed by atoms with Gasteiger partial charge in [0.05, 0.1) is 40.6 Å². The van der Waals surface area contributed by atoms with Crippen molar-refractivity contribution in [2.45, 2.75) is 13.0 Å². The SMILES string of the molecule is C/C=C/c1cc(C(=O)NCC(c2ccc(OC)cc2)N2CCOCC2)cc(OC)c1OC. The minimum atomic E-state index is -0.163. The Morgan fingerprint density at radius 1 is 1.09 bits per heavy atom. The van der Waals surface area contributed by atoms with Crippen LogP contribution in [0.3, 0.4) is 0 Å². The van der Waals surface area contributed by atoms with Crippen LogP contribution < -0.4 is 19.5 Å². The lowest BCUT2D eigenvalue weighted by atomic mass is 10.0. The first kappa shape index (κ1) is 23.6. The normalized spacial score (nSPS) is 15.4. The van der Waals surface area contributed by atoms with Crippen molar-refractivity contribution in [1.29, 1.82) is 0 Å². The fourth-order valence-corrected chi connectivity index (χ4v) is 3.89. The van der Waals surface area contributed by atoms with Gasteiger partial charge in [0.1, 0.15) is 5.75 Å². The van der Waals surface area contributed by atoms with Crippen LogP contribution in [-0.2, 0) is 4.74 Å². The molecule has 0 bridgehead atoms. The minimum absolute atomic E-state index is 0.0314. The van der Waals surface area contributed by atoms with Crippen molar-refractivity contribution in [3.05, 3.63) is 59.2 Å². The number of carbonyl (C=O) groups is 1. The van der Waals surface area contributed by atoms with Crippen LogP contribution in [0.1, 0.15) is 34.5 Å². The molecule has 7 heteroatoms. The van der Waals surface area contributed by atoms with Gasteiger partial charge in [0.25, 0.3) is 5.91 Å². The largest absolute Gasteiger partial charge is 0.497 e. The number of amides is 1. The van der Waals surface area contributed by atoms with Crippen LogP contribution >= 0.6 is 0 Å². The number of rotatable bonds is 9. The Bertz CT molecular complexity index is 921. The summed E-state index contributed by atoms with van der Waals surface area (Å²) in [5.41, 5.74) is 2.43. The summed E-state index contributed by atoms with van der Waals surface area (Å²) < 4.78 is 21.7. The van der Waals surface area contributed by atoms with Gasteiger partial charge in [-0.1, -0.05) is 24.3 Å². The van der Waals surface area contributed by atoms with Crippen molar-refractivity contribution in [1.82, 2.24) is 10.2 Å². The summed E-state index contributed by atoms with van der Waals surface area (Å²) in [6.45, 7) is 5.38. The van der Waals surface area contributed by atoms with E-state index >= 15 is 0 Å². The van der Waals surface area contributed by atoms with E-state index in [1.54, 1.807) is 27.4 Å². The molecule has 0 spiro atoms. The van der Waals surface area contributed by atoms with E-state index in [-0.39, 0.29) is 11.9 Å². The summed E-state index contributed by atoms with van der Waals surface area (Å²) in [5, 5.41) is 3.11. The third-order valence-corrected chi connectivity index (χ3v) is 5.56. The Hall–Kier alpha value is -3.03. The van der Waals surface area contributed by atoms with Crippen LogP contribution in [0.5, 0.6) is 17.2 Å². The summed E-state index contributed by atoms with van der Waals surface area (Å²) in [5.74, 6) is 1.77. The van der Waals surface area contributed by atoms with Crippen molar-refractivity contribution < 1.29 is 23.7 Å². The number of ether oxygens (including phenoxy) is 4. The number of benzene rings is 2. The van der Waals surface area contributed by atoms with Gasteiger partial charge in [-0.2, -0.15) is 0 Å². The van der Waals surface area contributed by atoms with Crippen molar-refractivity contribution in [2.75, 3.05) is 54.2 Å². The first-order chi connectivity index (χ1) is 15.6. The zero-order valence-corrected chi connectivity index (χ0v) is 19.2. The number of carbonyl (C=O) groups excluding carboxylic acids is 1. The summed E-state index contributed by atoms with van der Waals surface area (Å²) in [4.78, 5) is 15.4. The standard InChI is InChI=1S/C25H32N2O5/c1-5-6-19-15-20(16-23(30-3)24(19)31-4)25(28)26-17-22(27-11-13-32-14-12-27)18-7-9-21(29-2)10-8-18/h5-10,15-16,22H,11-14,17H2,1-4H3,(H,26,28)/b6-5+. The summed E-state index contributed by atoms with van der Waals surface area (Å²) in [6, 6.07) is 11.5. The first-order valence-electron chi connectivity index (χ1n) is 10.7. The number of nitrogens with one attached hydrogen (secondary N) is 1. The third kappa shape index (κ3) is 5.60. The van der Waals surface area contributed by atoms with E-state index in [0.29, 0.717) is 36.8 Å². The molecule has 172 valence electrons. The van der Waals surface area contributed by atoms with Crippen molar-refractivity contribution in [3.8, 4) is 17.2 Å². The second-order valence-corrected chi connectivity index (χ2v) is 7.45. The number of methoxy groups -OCH3 is 3. The van der Waals surface area contributed by atoms with Crippen LogP contribution in [-0.4, -0.2) is 65.0 Å². The number of hydrogen-bond donors (Lipinski definition) is 1. The lowest BCUT2D eigenvalue weighted by Crippen LogP contribution is -2.43. The summed E-state index contributed by atoms with van der Waals surface area (Å²) >= 11 is 0. The van der Waals surface area contributed by atoms with Crippen molar-refractivity contribution in [2.24, 2.45) is 0 Å². The van der Waals surface area contributed by atoms with Gasteiger partial charge in [-0.15, -0.1) is 0 Å². The lowest BCUT2D eigenvalue weighted by Gasteiger charge is -2.35. The maximum absolute atomic E-state index is 13.1. The van der Waals surface area contributed by atoms with E-state index in [1.165, 1.54) is 0 Å². The molecule has 0 aromatic heterocycles. The predicted molar refractivity (Wildman–Crippen MR) is 125 cm³/mol. The van der Waals surface area contributed by atoms with E-state index in [0.717, 1.165) is 30.0 Å². The molecule has 1 fully saturated rings. The molecule has 3 rings (SSSR count).